The van der Waals surface area contributed by atoms with Crippen LogP contribution in [0.2, 0.25) is 0 Å². The van der Waals surface area contributed by atoms with Crippen LogP contribution in [0.1, 0.15) is 43.9 Å². The van der Waals surface area contributed by atoms with Gasteiger partial charge in [-0.3, -0.25) is 14.5 Å². The second kappa shape index (κ2) is 8.12. The number of halogens is 4. The molecule has 0 bridgehead atoms. The summed E-state index contributed by atoms with van der Waals surface area (Å²) in [6, 6.07) is 2.04. The molecule has 1 saturated carbocycles. The van der Waals surface area contributed by atoms with Crippen LogP contribution in [0.4, 0.5) is 23.2 Å². The SMILES string of the molecule is CCC1=NC(=O)C2C=C(N3C(=S)N(c4cnc(C#N)c(C(F)(F)F)c4)C(=O)C34CCC4)C=C(F)C2=N1. The van der Waals surface area contributed by atoms with E-state index in [0.717, 1.165) is 17.2 Å². The van der Waals surface area contributed by atoms with Gasteiger partial charge in [0.05, 0.1) is 23.2 Å². The van der Waals surface area contributed by atoms with Gasteiger partial charge in [0.15, 0.2) is 10.8 Å². The highest BCUT2D eigenvalue weighted by Crippen LogP contribution is 2.49. The second-order valence-electron chi connectivity index (χ2n) is 8.62. The third-order valence-corrected chi connectivity index (χ3v) is 6.98. The zero-order valence-corrected chi connectivity index (χ0v) is 19.5. The Morgan fingerprint density at radius 2 is 2.00 bits per heavy atom. The average molecular weight is 516 g/mol. The fraction of sp³-hybridized carbons (Fsp3) is 0.348. The number of pyridine rings is 1. The van der Waals surface area contributed by atoms with E-state index in [1.807, 2.05) is 0 Å². The molecule has 1 atom stereocenters. The van der Waals surface area contributed by atoms with Crippen LogP contribution in [0.25, 0.3) is 0 Å². The van der Waals surface area contributed by atoms with Crippen molar-refractivity contribution in [1.82, 2.24) is 9.88 Å². The van der Waals surface area contributed by atoms with Gasteiger partial charge >= 0.3 is 6.18 Å². The van der Waals surface area contributed by atoms with Gasteiger partial charge in [-0.25, -0.2) is 14.4 Å². The first-order valence-corrected chi connectivity index (χ1v) is 11.4. The van der Waals surface area contributed by atoms with Gasteiger partial charge in [0.1, 0.15) is 29.2 Å². The average Bonchev–Trinajstić information content (AvgIpc) is 3.05. The maximum Gasteiger partial charge on any atom is 0.419 e. The van der Waals surface area contributed by atoms with Crippen molar-refractivity contribution < 1.29 is 27.2 Å². The highest BCUT2D eigenvalue weighted by Gasteiger charge is 2.60. The normalized spacial score (nSPS) is 23.0. The Labute approximate surface area is 207 Å². The Hall–Kier alpha value is -3.79. The number of anilines is 1. The molecule has 0 radical (unpaired) electrons. The lowest BCUT2D eigenvalue weighted by Gasteiger charge is -2.44. The Morgan fingerprint density at radius 3 is 2.58 bits per heavy atom. The smallest absolute Gasteiger partial charge is 0.303 e. The minimum absolute atomic E-state index is 0.0855. The molecule has 13 heteroatoms. The first-order valence-electron chi connectivity index (χ1n) is 11.0. The zero-order chi connectivity index (χ0) is 26.0. The predicted octanol–water partition coefficient (Wildman–Crippen LogP) is 3.99. The zero-order valence-electron chi connectivity index (χ0n) is 18.6. The molecule has 2 aliphatic carbocycles. The van der Waals surface area contributed by atoms with Crippen molar-refractivity contribution in [2.45, 2.75) is 44.3 Å². The topological polar surface area (TPSA) is 102 Å². The van der Waals surface area contributed by atoms with E-state index in [2.05, 4.69) is 15.0 Å². The molecule has 0 aromatic carbocycles. The number of nitrogens with zero attached hydrogens (tertiary/aromatic N) is 6. The van der Waals surface area contributed by atoms with Crippen LogP contribution >= 0.6 is 12.2 Å². The summed E-state index contributed by atoms with van der Waals surface area (Å²) in [7, 11) is 0. The van der Waals surface area contributed by atoms with Crippen molar-refractivity contribution in [1.29, 1.82) is 5.26 Å². The number of aromatic nitrogens is 1. The molecule has 4 aliphatic rings. The largest absolute Gasteiger partial charge is 0.419 e. The van der Waals surface area contributed by atoms with Crippen LogP contribution in [-0.4, -0.2) is 43.9 Å². The number of thiocarbonyl (C=S) groups is 1. The van der Waals surface area contributed by atoms with E-state index >= 15 is 4.39 Å². The quantitative estimate of drug-likeness (QED) is 0.445. The molecule has 8 nitrogen and oxygen atoms in total. The highest BCUT2D eigenvalue weighted by molar-refractivity contribution is 7.80. The Morgan fingerprint density at radius 1 is 1.28 bits per heavy atom. The third kappa shape index (κ3) is 3.39. The van der Waals surface area contributed by atoms with Crippen LogP contribution in [0.3, 0.4) is 0 Å². The van der Waals surface area contributed by atoms with Gasteiger partial charge in [-0.05, 0) is 49.7 Å². The molecule has 2 amide bonds. The van der Waals surface area contributed by atoms with Crippen LogP contribution in [0.5, 0.6) is 0 Å². The monoisotopic (exact) mass is 516 g/mol. The number of hydrogen-bond donors (Lipinski definition) is 0. The van der Waals surface area contributed by atoms with E-state index in [1.165, 1.54) is 17.0 Å². The Kier molecular flexibility index (Phi) is 5.40. The van der Waals surface area contributed by atoms with Gasteiger partial charge in [-0.15, -0.1) is 0 Å². The van der Waals surface area contributed by atoms with Crippen LogP contribution in [0.15, 0.2) is 45.9 Å². The van der Waals surface area contributed by atoms with E-state index in [-0.39, 0.29) is 28.0 Å². The van der Waals surface area contributed by atoms with Crippen molar-refractivity contribution in [2.24, 2.45) is 15.9 Å². The number of allylic oxidation sites excluding steroid dienone is 2. The summed E-state index contributed by atoms with van der Waals surface area (Å²) in [4.78, 5) is 40.1. The number of nitriles is 1. The first-order chi connectivity index (χ1) is 17.0. The van der Waals surface area contributed by atoms with Gasteiger partial charge in [-0.2, -0.15) is 23.4 Å². The van der Waals surface area contributed by atoms with Crippen molar-refractivity contribution in [3.8, 4) is 6.07 Å². The van der Waals surface area contributed by atoms with Crippen molar-refractivity contribution in [2.75, 3.05) is 4.90 Å². The van der Waals surface area contributed by atoms with Gasteiger partial charge in [0, 0.05) is 12.1 Å². The molecule has 0 N–H and O–H groups in total. The molecule has 2 fully saturated rings. The predicted molar refractivity (Wildman–Crippen MR) is 123 cm³/mol. The number of carbonyl (C=O) groups excluding carboxylic acids is 2. The molecule has 3 heterocycles. The molecule has 1 unspecified atom stereocenters. The van der Waals surface area contributed by atoms with Crippen molar-refractivity contribution in [3.05, 3.63) is 47.2 Å². The lowest BCUT2D eigenvalue weighted by Crippen LogP contribution is -2.54. The maximum atomic E-state index is 15.1. The molecule has 36 heavy (non-hydrogen) atoms. The maximum absolute atomic E-state index is 15.1. The molecule has 1 spiro atoms. The summed E-state index contributed by atoms with van der Waals surface area (Å²) in [6.45, 7) is 1.73. The molecule has 184 valence electrons. The lowest BCUT2D eigenvalue weighted by molar-refractivity contribution is -0.138. The van der Waals surface area contributed by atoms with E-state index in [4.69, 9.17) is 17.5 Å². The summed E-state index contributed by atoms with van der Waals surface area (Å²) in [5.41, 5.74) is -3.61. The Bertz CT molecular complexity index is 1400. The van der Waals surface area contributed by atoms with E-state index < -0.39 is 46.5 Å². The molecule has 1 saturated heterocycles. The molecule has 5 rings (SSSR count). The standard InChI is InChI=1S/C23H16F4N6O2S/c1-2-17-30-18-13(19(34)31-17)6-11(8-15(18)24)33-21(36)32(20(35)22(33)4-3-5-22)12-7-14(23(25,26)27)16(9-28)29-10-12/h6-8,10,13H,2-5H2,1H3. The third-order valence-electron chi connectivity index (χ3n) is 6.62. The van der Waals surface area contributed by atoms with Crippen molar-refractivity contribution >= 4 is 46.4 Å². The number of hydrogen-bond acceptors (Lipinski definition) is 6. The molecular weight excluding hydrogens is 500 g/mol. The number of carbonyl (C=O) groups is 2. The minimum Gasteiger partial charge on any atom is -0.303 e. The number of amides is 2. The number of rotatable bonds is 3. The van der Waals surface area contributed by atoms with Crippen molar-refractivity contribution in [3.63, 3.8) is 0 Å². The highest BCUT2D eigenvalue weighted by atomic mass is 32.1. The van der Waals surface area contributed by atoms with Gasteiger partial charge in [0.25, 0.3) is 11.8 Å². The van der Waals surface area contributed by atoms with Gasteiger partial charge in [-0.1, -0.05) is 6.92 Å². The number of fused-ring (bicyclic) bond motifs is 1. The minimum atomic E-state index is -4.89. The van der Waals surface area contributed by atoms with E-state index in [0.29, 0.717) is 31.7 Å². The number of alkyl halides is 3. The van der Waals surface area contributed by atoms with Gasteiger partial charge in [0.2, 0.25) is 0 Å². The first kappa shape index (κ1) is 23.9. The number of amidine groups is 1. The van der Waals surface area contributed by atoms with Crippen LogP contribution < -0.4 is 4.90 Å². The summed E-state index contributed by atoms with van der Waals surface area (Å²) in [5, 5.41) is 8.85. The molecule has 2 aliphatic heterocycles. The summed E-state index contributed by atoms with van der Waals surface area (Å²) >= 11 is 5.52. The summed E-state index contributed by atoms with van der Waals surface area (Å²) in [5.74, 6) is -2.89. The molecule has 1 aromatic rings. The molecular formula is C23H16F4N6O2S. The van der Waals surface area contributed by atoms with Crippen LogP contribution in [0, 0.1) is 17.2 Å². The van der Waals surface area contributed by atoms with E-state index in [1.54, 1.807) is 6.92 Å². The number of aliphatic imine (C=N–C) groups is 2. The lowest BCUT2D eigenvalue weighted by atomic mass is 9.75. The summed E-state index contributed by atoms with van der Waals surface area (Å²) < 4.78 is 55.7. The summed E-state index contributed by atoms with van der Waals surface area (Å²) in [6.07, 6.45) is 0.231. The molecule has 1 aromatic heterocycles. The Balaban J connectivity index is 1.58. The van der Waals surface area contributed by atoms with Gasteiger partial charge < -0.3 is 4.90 Å². The van der Waals surface area contributed by atoms with Crippen LogP contribution in [-0.2, 0) is 15.8 Å². The second-order valence-corrected chi connectivity index (χ2v) is 8.99. The fourth-order valence-electron chi connectivity index (χ4n) is 4.71. The fourth-order valence-corrected chi connectivity index (χ4v) is 5.18. The van der Waals surface area contributed by atoms with E-state index in [9.17, 15) is 22.8 Å².